The Morgan fingerprint density at radius 3 is 2.80 bits per heavy atom. The number of esters is 1. The van der Waals surface area contributed by atoms with Gasteiger partial charge in [0.15, 0.2) is 16.8 Å². The topological polar surface area (TPSA) is 196 Å². The van der Waals surface area contributed by atoms with Gasteiger partial charge in [-0.05, 0) is 56.5 Å². The standard InChI is InChI=1S/C28H35N6O8PS/c1-3-28(38)21(14-34-16-30-22-24(34)31-27(29)32-25(22)36)41-20(23(28)35)15-39-43(44,42-19-12-8-5-9-13-19)33-17(2)26(37)40-18-10-6-4-7-11-18/h1,5,8-9,12-13,16-18,20-21,23,35,38H,4,6-7,10-11,14-15H2,2H3,(H,33,44)(H3,29,31,32,36)/t17?,20-,21+,23-,28+,43?/m1/s1. The molecule has 14 nitrogen and oxygen atoms in total. The van der Waals surface area contributed by atoms with Crippen LogP contribution < -0.4 is 20.9 Å². The quantitative estimate of drug-likeness (QED) is 0.114. The van der Waals surface area contributed by atoms with Gasteiger partial charge in [-0.15, -0.1) is 6.42 Å². The molecule has 16 heteroatoms. The summed E-state index contributed by atoms with van der Waals surface area (Å²) >= 11 is 5.79. The van der Waals surface area contributed by atoms with Crippen molar-refractivity contribution in [3.63, 3.8) is 0 Å². The summed E-state index contributed by atoms with van der Waals surface area (Å²) in [7, 11) is 0. The molecule has 0 amide bonds. The van der Waals surface area contributed by atoms with Gasteiger partial charge in [0.1, 0.15) is 36.2 Å². The van der Waals surface area contributed by atoms with E-state index < -0.39 is 48.1 Å². The van der Waals surface area contributed by atoms with Crippen molar-refractivity contribution in [3.05, 3.63) is 47.0 Å². The van der Waals surface area contributed by atoms with Crippen molar-refractivity contribution in [3.8, 4) is 18.1 Å². The number of aliphatic hydroxyl groups is 2. The molecule has 0 bridgehead atoms. The largest absolute Gasteiger partial charge is 0.461 e. The van der Waals surface area contributed by atoms with E-state index >= 15 is 0 Å². The van der Waals surface area contributed by atoms with Crippen molar-refractivity contribution in [1.82, 2.24) is 24.6 Å². The molecule has 3 heterocycles. The number of nitrogens with zero attached hydrogens (tertiary/aromatic N) is 3. The maximum absolute atomic E-state index is 12.9. The second-order valence-corrected chi connectivity index (χ2v) is 14.0. The number of carbonyl (C=O) groups is 1. The molecule has 5 rings (SSSR count). The van der Waals surface area contributed by atoms with E-state index in [4.69, 9.17) is 42.5 Å². The van der Waals surface area contributed by atoms with Crippen LogP contribution in [0.15, 0.2) is 41.5 Å². The molecule has 2 unspecified atom stereocenters. The van der Waals surface area contributed by atoms with Crippen molar-refractivity contribution in [2.75, 3.05) is 12.3 Å². The third kappa shape index (κ3) is 6.97. The summed E-state index contributed by atoms with van der Waals surface area (Å²) in [6.45, 7) is -2.34. The zero-order valence-corrected chi connectivity index (χ0v) is 25.7. The smallest absolute Gasteiger partial charge is 0.323 e. The average Bonchev–Trinajstić information content (AvgIpc) is 3.51. The number of benzene rings is 1. The monoisotopic (exact) mass is 646 g/mol. The van der Waals surface area contributed by atoms with Gasteiger partial charge in [-0.25, -0.2) is 10.1 Å². The van der Waals surface area contributed by atoms with Gasteiger partial charge in [-0.1, -0.05) is 30.5 Å². The number of hydrogen-bond acceptors (Lipinski definition) is 12. The second-order valence-electron chi connectivity index (χ2n) is 10.8. The van der Waals surface area contributed by atoms with Gasteiger partial charge in [0.05, 0.1) is 19.5 Å². The molecule has 2 aromatic heterocycles. The van der Waals surface area contributed by atoms with Gasteiger partial charge in [0, 0.05) is 0 Å². The predicted molar refractivity (Wildman–Crippen MR) is 164 cm³/mol. The number of anilines is 1. The number of aliphatic hydroxyl groups excluding tert-OH is 1. The lowest BCUT2D eigenvalue weighted by Crippen LogP contribution is -2.48. The number of nitrogen functional groups attached to an aromatic ring is 1. The molecule has 44 heavy (non-hydrogen) atoms. The SMILES string of the molecule is C#C[C@]1(O)[C@H](Cn2cnc3c(=O)[nH]c(N)nc32)O[C@H](COP(=S)(NC(C)C(=O)OC2CCCCC2)Oc2ccccc2)[C@H]1O. The van der Waals surface area contributed by atoms with Crippen LogP contribution in [-0.2, 0) is 37.1 Å². The lowest BCUT2D eigenvalue weighted by molar-refractivity contribution is -0.152. The highest BCUT2D eigenvalue weighted by molar-refractivity contribution is 8.09. The summed E-state index contributed by atoms with van der Waals surface area (Å²) in [6.07, 6.45) is 7.70. The Kier molecular flexibility index (Phi) is 9.71. The normalized spacial score (nSPS) is 26.1. The number of nitrogens with two attached hydrogens (primary N) is 1. The second kappa shape index (κ2) is 13.3. The fraction of sp³-hybridized carbons (Fsp3) is 0.500. The Balaban J connectivity index is 1.31. The van der Waals surface area contributed by atoms with Crippen LogP contribution in [0.1, 0.15) is 39.0 Å². The molecule has 1 aliphatic heterocycles. The molecule has 1 saturated carbocycles. The van der Waals surface area contributed by atoms with E-state index in [1.165, 1.54) is 10.9 Å². The van der Waals surface area contributed by atoms with Crippen LogP contribution in [0.25, 0.3) is 11.2 Å². The third-order valence-electron chi connectivity index (χ3n) is 7.64. The van der Waals surface area contributed by atoms with Crippen LogP contribution >= 0.6 is 6.64 Å². The van der Waals surface area contributed by atoms with E-state index in [9.17, 15) is 19.8 Å². The number of ether oxygens (including phenoxy) is 2. The molecule has 6 N–H and O–H groups in total. The number of rotatable bonds is 11. The van der Waals surface area contributed by atoms with E-state index in [0.717, 1.165) is 32.1 Å². The maximum atomic E-state index is 12.9. The fourth-order valence-electron chi connectivity index (χ4n) is 5.26. The molecule has 0 radical (unpaired) electrons. The minimum Gasteiger partial charge on any atom is -0.461 e. The van der Waals surface area contributed by atoms with E-state index in [-0.39, 0.29) is 36.4 Å². The Bertz CT molecular complexity index is 1620. The lowest BCUT2D eigenvalue weighted by atomic mass is 9.91. The molecule has 2 aliphatic rings. The molecular weight excluding hydrogens is 611 g/mol. The van der Waals surface area contributed by atoms with E-state index in [1.807, 2.05) is 6.07 Å². The van der Waals surface area contributed by atoms with Gasteiger partial charge < -0.3 is 39.0 Å². The Labute approximate surface area is 258 Å². The average molecular weight is 647 g/mol. The van der Waals surface area contributed by atoms with Gasteiger partial charge in [-0.2, -0.15) is 4.98 Å². The zero-order chi connectivity index (χ0) is 31.5. The first kappa shape index (κ1) is 32.1. The highest BCUT2D eigenvalue weighted by Crippen LogP contribution is 2.46. The van der Waals surface area contributed by atoms with Crippen molar-refractivity contribution < 1.29 is 33.5 Å². The first-order chi connectivity index (χ1) is 21.0. The summed E-state index contributed by atoms with van der Waals surface area (Å²) in [5, 5.41) is 25.3. The maximum Gasteiger partial charge on any atom is 0.323 e. The summed E-state index contributed by atoms with van der Waals surface area (Å²) < 4.78 is 25.2. The molecule has 236 valence electrons. The van der Waals surface area contributed by atoms with Crippen LogP contribution in [0, 0.1) is 12.3 Å². The molecule has 6 atom stereocenters. The molecule has 3 aromatic rings. The van der Waals surface area contributed by atoms with E-state index in [2.05, 4.69) is 26.0 Å². The number of carbonyl (C=O) groups excluding carboxylic acids is 1. The number of aromatic amines is 1. The summed E-state index contributed by atoms with van der Waals surface area (Å²) in [5.41, 5.74) is 3.18. The van der Waals surface area contributed by atoms with Crippen LogP contribution in [0.4, 0.5) is 5.95 Å². The summed E-state index contributed by atoms with van der Waals surface area (Å²) in [5.74, 6) is 2.03. The third-order valence-corrected chi connectivity index (χ3v) is 10.1. The number of terminal acetylenes is 1. The molecule has 2 fully saturated rings. The Morgan fingerprint density at radius 2 is 2.09 bits per heavy atom. The first-order valence-electron chi connectivity index (χ1n) is 14.2. The van der Waals surface area contributed by atoms with Crippen molar-refractivity contribution in [2.24, 2.45) is 0 Å². The number of nitrogens with one attached hydrogen (secondary N) is 2. The Hall–Kier alpha value is -3.35. The molecule has 1 saturated heterocycles. The minimum absolute atomic E-state index is 0.0304. The first-order valence-corrected chi connectivity index (χ1v) is 16.9. The Morgan fingerprint density at radius 1 is 1.36 bits per heavy atom. The van der Waals surface area contributed by atoms with E-state index in [0.29, 0.717) is 5.75 Å². The number of hydrogen-bond donors (Lipinski definition) is 5. The molecular formula is C28H35N6O8PS. The van der Waals surface area contributed by atoms with Gasteiger partial charge in [0.2, 0.25) is 5.95 Å². The van der Waals surface area contributed by atoms with Crippen LogP contribution in [0.5, 0.6) is 5.75 Å². The number of para-hydroxylation sites is 1. The van der Waals surface area contributed by atoms with Crippen molar-refractivity contribution in [2.45, 2.75) is 81.6 Å². The molecule has 1 aliphatic carbocycles. The number of fused-ring (bicyclic) bond motifs is 1. The van der Waals surface area contributed by atoms with Crippen molar-refractivity contribution >= 4 is 41.5 Å². The number of aromatic nitrogens is 4. The summed E-state index contributed by atoms with van der Waals surface area (Å²) in [6, 6.07) is 7.83. The van der Waals surface area contributed by atoms with Crippen LogP contribution in [0.2, 0.25) is 0 Å². The number of H-pyrrole nitrogens is 1. The molecule has 1 aromatic carbocycles. The van der Waals surface area contributed by atoms with Gasteiger partial charge in [0.25, 0.3) is 5.56 Å². The van der Waals surface area contributed by atoms with Crippen molar-refractivity contribution in [1.29, 1.82) is 0 Å². The molecule has 0 spiro atoms. The number of imidazole rings is 1. The fourth-order valence-corrected chi connectivity index (χ4v) is 7.68. The van der Waals surface area contributed by atoms with Crippen LogP contribution in [0.3, 0.4) is 0 Å². The lowest BCUT2D eigenvalue weighted by Gasteiger charge is -2.29. The van der Waals surface area contributed by atoms with Gasteiger partial charge >= 0.3 is 12.6 Å². The highest BCUT2D eigenvalue weighted by Gasteiger charge is 2.55. The van der Waals surface area contributed by atoms with E-state index in [1.54, 1.807) is 31.2 Å². The zero-order valence-electron chi connectivity index (χ0n) is 24.0. The van der Waals surface area contributed by atoms with Gasteiger partial charge in [-0.3, -0.25) is 14.6 Å². The summed E-state index contributed by atoms with van der Waals surface area (Å²) in [4.78, 5) is 35.6. The highest BCUT2D eigenvalue weighted by atomic mass is 32.5. The van der Waals surface area contributed by atoms with Crippen LogP contribution in [-0.4, -0.2) is 78.4 Å². The minimum atomic E-state index is -3.47. The predicted octanol–water partition coefficient (Wildman–Crippen LogP) is 1.37.